The second-order valence-electron chi connectivity index (χ2n) is 7.99. The molecule has 0 aliphatic rings. The summed E-state index contributed by atoms with van der Waals surface area (Å²) in [5, 5.41) is 2.46. The lowest BCUT2D eigenvalue weighted by atomic mass is 10.1. The minimum absolute atomic E-state index is 0.233. The highest BCUT2D eigenvalue weighted by atomic mass is 35.5. The third-order valence-corrected chi connectivity index (χ3v) is 6.25. The summed E-state index contributed by atoms with van der Waals surface area (Å²) in [5.41, 5.74) is 3.57. The number of likely N-dealkylation sites (N-methyl/N-ethyl adjacent to an activating group) is 1. The maximum absolute atomic E-state index is 13.5. The molecule has 5 heteroatoms. The molecule has 4 aromatic rings. The second kappa shape index (κ2) is 10.7. The topological polar surface area (TPSA) is 34.5 Å². The average molecular weight is 461 g/mol. The lowest BCUT2D eigenvalue weighted by molar-refractivity contribution is 0.0462. The second-order valence-corrected chi connectivity index (χ2v) is 8.43. The van der Waals surface area contributed by atoms with E-state index in [4.69, 9.17) is 16.3 Å². The summed E-state index contributed by atoms with van der Waals surface area (Å²) >= 11 is 6.40. The van der Waals surface area contributed by atoms with Gasteiger partial charge in [-0.3, -0.25) is 0 Å². The highest BCUT2D eigenvalue weighted by Gasteiger charge is 2.24. The first-order chi connectivity index (χ1) is 16.1. The Morgan fingerprint density at radius 2 is 1.58 bits per heavy atom. The quantitative estimate of drug-likeness (QED) is 0.262. The molecular weight excluding hydrogens is 432 g/mol. The van der Waals surface area contributed by atoms with E-state index in [1.807, 2.05) is 66.7 Å². The Kier molecular flexibility index (Phi) is 7.48. The number of carbonyl (C=O) groups excluding carboxylic acids is 1. The molecule has 0 N–H and O–H groups in total. The van der Waals surface area contributed by atoms with Gasteiger partial charge >= 0.3 is 5.97 Å². The van der Waals surface area contributed by atoms with E-state index >= 15 is 0 Å². The first-order valence-corrected chi connectivity index (χ1v) is 11.8. The van der Waals surface area contributed by atoms with E-state index in [2.05, 4.69) is 35.4 Å². The van der Waals surface area contributed by atoms with Crippen LogP contribution in [0.3, 0.4) is 0 Å². The molecular formula is C28H29ClN2O2. The normalized spacial score (nSPS) is 11.3. The standard InChI is InChI=1S/C28H29ClN2O2/c1-3-30(4-2)17-18-31-26(22-13-9-6-10-14-22)25-19-23(29)15-16-24(25)27(31)28(32)33-20-21-11-7-5-8-12-21/h5-16,19H,3-4,17-18,20H2,1-2H3. The van der Waals surface area contributed by atoms with Crippen LogP contribution in [0.15, 0.2) is 78.9 Å². The molecule has 1 heterocycles. The minimum Gasteiger partial charge on any atom is -0.456 e. The summed E-state index contributed by atoms with van der Waals surface area (Å²) in [5.74, 6) is -0.326. The molecule has 0 fully saturated rings. The average Bonchev–Trinajstić information content (AvgIpc) is 3.17. The van der Waals surface area contributed by atoms with Crippen molar-refractivity contribution in [3.8, 4) is 11.3 Å². The summed E-state index contributed by atoms with van der Waals surface area (Å²) in [6, 6.07) is 25.6. The van der Waals surface area contributed by atoms with Gasteiger partial charge in [-0.1, -0.05) is 92.2 Å². The van der Waals surface area contributed by atoms with Crippen molar-refractivity contribution in [3.63, 3.8) is 0 Å². The van der Waals surface area contributed by atoms with Crippen LogP contribution in [0.25, 0.3) is 22.0 Å². The number of halogens is 1. The van der Waals surface area contributed by atoms with Gasteiger partial charge in [0.15, 0.2) is 0 Å². The molecule has 3 aromatic carbocycles. The van der Waals surface area contributed by atoms with Gasteiger partial charge in [0.2, 0.25) is 0 Å². The van der Waals surface area contributed by atoms with Crippen molar-refractivity contribution in [1.82, 2.24) is 9.47 Å². The first-order valence-electron chi connectivity index (χ1n) is 11.4. The molecule has 4 rings (SSSR count). The van der Waals surface area contributed by atoms with Crippen LogP contribution in [0.1, 0.15) is 29.9 Å². The van der Waals surface area contributed by atoms with E-state index in [9.17, 15) is 4.79 Å². The zero-order valence-electron chi connectivity index (χ0n) is 19.1. The van der Waals surface area contributed by atoms with Crippen LogP contribution in [0.2, 0.25) is 5.02 Å². The fourth-order valence-electron chi connectivity index (χ4n) is 4.25. The van der Waals surface area contributed by atoms with Crippen LogP contribution in [-0.4, -0.2) is 35.1 Å². The summed E-state index contributed by atoms with van der Waals surface area (Å²) in [7, 11) is 0. The zero-order chi connectivity index (χ0) is 23.2. The van der Waals surface area contributed by atoms with Crippen molar-refractivity contribution < 1.29 is 9.53 Å². The van der Waals surface area contributed by atoms with E-state index in [-0.39, 0.29) is 12.6 Å². The van der Waals surface area contributed by atoms with Crippen LogP contribution in [0.4, 0.5) is 0 Å². The molecule has 0 unspecified atom stereocenters. The fourth-order valence-corrected chi connectivity index (χ4v) is 4.42. The van der Waals surface area contributed by atoms with Gasteiger partial charge in [0.05, 0.1) is 5.69 Å². The summed E-state index contributed by atoms with van der Waals surface area (Å²) in [6.45, 7) is 7.96. The summed E-state index contributed by atoms with van der Waals surface area (Å²) in [6.07, 6.45) is 0. The molecule has 0 bridgehead atoms. The number of hydrogen-bond donors (Lipinski definition) is 0. The van der Waals surface area contributed by atoms with Gasteiger partial charge in [-0.25, -0.2) is 4.79 Å². The molecule has 4 nitrogen and oxygen atoms in total. The smallest absolute Gasteiger partial charge is 0.355 e. The molecule has 0 spiro atoms. The number of rotatable bonds is 9. The minimum atomic E-state index is -0.326. The van der Waals surface area contributed by atoms with Gasteiger partial charge in [0.1, 0.15) is 12.3 Å². The van der Waals surface area contributed by atoms with Gasteiger partial charge in [0, 0.05) is 28.9 Å². The van der Waals surface area contributed by atoms with Crippen LogP contribution in [-0.2, 0) is 17.9 Å². The van der Waals surface area contributed by atoms with Crippen LogP contribution in [0, 0.1) is 0 Å². The van der Waals surface area contributed by atoms with Gasteiger partial charge in [-0.2, -0.15) is 0 Å². The third kappa shape index (κ3) is 5.13. The molecule has 0 radical (unpaired) electrons. The molecule has 0 atom stereocenters. The third-order valence-electron chi connectivity index (χ3n) is 6.02. The number of esters is 1. The molecule has 170 valence electrons. The Morgan fingerprint density at radius 3 is 2.24 bits per heavy atom. The Morgan fingerprint density at radius 1 is 0.909 bits per heavy atom. The SMILES string of the molecule is CCN(CC)CCn1c(C(=O)OCc2ccccc2)c2ccc(Cl)cc2c1-c1ccccc1. The highest BCUT2D eigenvalue weighted by molar-refractivity contribution is 6.31. The predicted molar refractivity (Wildman–Crippen MR) is 136 cm³/mol. The van der Waals surface area contributed by atoms with E-state index in [1.165, 1.54) is 0 Å². The van der Waals surface area contributed by atoms with E-state index in [0.29, 0.717) is 17.3 Å². The molecule has 0 aliphatic heterocycles. The Bertz CT molecular complexity index is 1220. The van der Waals surface area contributed by atoms with Crippen LogP contribution >= 0.6 is 11.6 Å². The fraction of sp³-hybridized carbons (Fsp3) is 0.250. The predicted octanol–water partition coefficient (Wildman–Crippen LogP) is 6.66. The molecule has 33 heavy (non-hydrogen) atoms. The Labute approximate surface area is 200 Å². The molecule has 0 saturated heterocycles. The first kappa shape index (κ1) is 23.1. The van der Waals surface area contributed by atoms with Gasteiger partial charge in [0.25, 0.3) is 0 Å². The molecule has 1 aromatic heterocycles. The Hall–Kier alpha value is -3.08. The number of hydrogen-bond acceptors (Lipinski definition) is 3. The largest absolute Gasteiger partial charge is 0.456 e. The number of aromatic nitrogens is 1. The maximum atomic E-state index is 13.5. The number of nitrogens with zero attached hydrogens (tertiary/aromatic N) is 2. The van der Waals surface area contributed by atoms with Gasteiger partial charge < -0.3 is 14.2 Å². The van der Waals surface area contributed by atoms with E-state index in [1.54, 1.807) is 0 Å². The van der Waals surface area contributed by atoms with Crippen molar-refractivity contribution in [3.05, 3.63) is 95.1 Å². The lowest BCUT2D eigenvalue weighted by Gasteiger charge is -2.21. The summed E-state index contributed by atoms with van der Waals surface area (Å²) < 4.78 is 7.91. The zero-order valence-corrected chi connectivity index (χ0v) is 19.9. The number of ether oxygens (including phenoxy) is 1. The molecule has 0 aliphatic carbocycles. The molecule has 0 amide bonds. The van der Waals surface area contributed by atoms with E-state index < -0.39 is 0 Å². The number of benzene rings is 3. The number of carbonyl (C=O) groups is 1. The van der Waals surface area contributed by atoms with Crippen molar-refractivity contribution in [1.29, 1.82) is 0 Å². The van der Waals surface area contributed by atoms with Gasteiger partial charge in [-0.15, -0.1) is 0 Å². The van der Waals surface area contributed by atoms with Gasteiger partial charge in [-0.05, 0) is 36.3 Å². The monoisotopic (exact) mass is 460 g/mol. The maximum Gasteiger partial charge on any atom is 0.355 e. The number of fused-ring (bicyclic) bond motifs is 1. The van der Waals surface area contributed by atoms with E-state index in [0.717, 1.165) is 47.2 Å². The van der Waals surface area contributed by atoms with Crippen molar-refractivity contribution in [2.45, 2.75) is 27.0 Å². The molecule has 0 saturated carbocycles. The van der Waals surface area contributed by atoms with Crippen molar-refractivity contribution in [2.24, 2.45) is 0 Å². The Balaban J connectivity index is 1.82. The van der Waals surface area contributed by atoms with Crippen molar-refractivity contribution in [2.75, 3.05) is 19.6 Å². The van der Waals surface area contributed by atoms with Crippen molar-refractivity contribution >= 4 is 28.3 Å². The highest BCUT2D eigenvalue weighted by Crippen LogP contribution is 2.36. The lowest BCUT2D eigenvalue weighted by Crippen LogP contribution is -2.28. The van der Waals surface area contributed by atoms with Crippen LogP contribution < -0.4 is 0 Å². The summed E-state index contributed by atoms with van der Waals surface area (Å²) in [4.78, 5) is 15.8. The van der Waals surface area contributed by atoms with Crippen LogP contribution in [0.5, 0.6) is 0 Å².